The number of nitrogens with zero attached hydrogens (tertiary/aromatic N) is 2. The predicted octanol–water partition coefficient (Wildman–Crippen LogP) is 7.68. The van der Waals surface area contributed by atoms with E-state index in [4.69, 9.17) is 16.3 Å². The Bertz CT molecular complexity index is 1480. The number of ether oxygens (including phenoxy) is 1. The SMILES string of the molecule is CN(C)CCNC(=O)Cc1cccc(OCCCN(Cc2cccc(C(F)(F)F)c2Cl)CC(c2ccccc2)c2ccccc2)c1. The second-order valence-electron chi connectivity index (χ2n) is 11.6. The Labute approximate surface area is 274 Å². The number of carbonyl (C=O) groups is 1. The molecule has 0 aliphatic rings. The highest BCUT2D eigenvalue weighted by atomic mass is 35.5. The van der Waals surface area contributed by atoms with Crippen LogP contribution in [0.15, 0.2) is 103 Å². The quantitative estimate of drug-likeness (QED) is 0.126. The van der Waals surface area contributed by atoms with E-state index in [1.807, 2.05) is 79.7 Å². The number of benzene rings is 4. The van der Waals surface area contributed by atoms with Gasteiger partial charge in [-0.25, -0.2) is 0 Å². The summed E-state index contributed by atoms with van der Waals surface area (Å²) in [6, 6.07) is 31.8. The molecule has 5 nitrogen and oxygen atoms in total. The van der Waals surface area contributed by atoms with Gasteiger partial charge in [0.2, 0.25) is 5.91 Å². The van der Waals surface area contributed by atoms with Crippen LogP contribution in [0.2, 0.25) is 5.02 Å². The summed E-state index contributed by atoms with van der Waals surface area (Å²) < 4.78 is 47.1. The van der Waals surface area contributed by atoms with Crippen LogP contribution in [0.25, 0.3) is 0 Å². The number of halogens is 4. The maximum absolute atomic E-state index is 13.7. The minimum absolute atomic E-state index is 0.00607. The summed E-state index contributed by atoms with van der Waals surface area (Å²) in [6.07, 6.45) is -3.65. The van der Waals surface area contributed by atoms with Crippen molar-refractivity contribution in [3.05, 3.63) is 136 Å². The molecule has 0 spiro atoms. The Hall–Kier alpha value is -3.85. The Morgan fingerprint density at radius 3 is 2.15 bits per heavy atom. The molecule has 0 aliphatic carbocycles. The second kappa shape index (κ2) is 17.2. The van der Waals surface area contributed by atoms with Gasteiger partial charge in [-0.2, -0.15) is 13.2 Å². The van der Waals surface area contributed by atoms with Crippen LogP contribution in [-0.2, 0) is 23.9 Å². The third-order valence-electron chi connectivity index (χ3n) is 7.65. The largest absolute Gasteiger partial charge is 0.494 e. The van der Waals surface area contributed by atoms with Crippen molar-refractivity contribution in [3.63, 3.8) is 0 Å². The molecule has 1 amide bonds. The van der Waals surface area contributed by atoms with Crippen LogP contribution in [-0.4, -0.2) is 62.6 Å². The monoisotopic (exact) mass is 651 g/mol. The molecule has 244 valence electrons. The van der Waals surface area contributed by atoms with E-state index in [9.17, 15) is 18.0 Å². The Morgan fingerprint density at radius 2 is 1.52 bits per heavy atom. The molecule has 0 saturated heterocycles. The standard InChI is InChI=1S/C37H41ClF3N3O2/c1-43(2)22-20-42-35(45)25-28-12-9-18-32(24-28)46-23-11-21-44(26-31-17-10-19-34(36(31)38)37(39,40)41)27-33(29-13-5-3-6-14-29)30-15-7-4-8-16-30/h3-10,12-19,24,33H,11,20-23,25-27H2,1-2H3,(H,42,45). The molecule has 4 aromatic rings. The first-order chi connectivity index (χ1) is 22.1. The van der Waals surface area contributed by atoms with Crippen LogP contribution in [0.4, 0.5) is 13.2 Å². The fourth-order valence-corrected chi connectivity index (χ4v) is 5.61. The van der Waals surface area contributed by atoms with Crippen LogP contribution >= 0.6 is 11.6 Å². The van der Waals surface area contributed by atoms with E-state index >= 15 is 0 Å². The summed E-state index contributed by atoms with van der Waals surface area (Å²) in [7, 11) is 3.91. The van der Waals surface area contributed by atoms with E-state index in [1.54, 1.807) is 6.07 Å². The molecular weight excluding hydrogens is 611 g/mol. The van der Waals surface area contributed by atoms with Crippen molar-refractivity contribution in [3.8, 4) is 5.75 Å². The lowest BCUT2D eigenvalue weighted by Gasteiger charge is -2.29. The van der Waals surface area contributed by atoms with Crippen LogP contribution in [0.5, 0.6) is 5.75 Å². The zero-order valence-corrected chi connectivity index (χ0v) is 27.0. The van der Waals surface area contributed by atoms with Gasteiger partial charge < -0.3 is 15.0 Å². The minimum atomic E-state index is -4.54. The fraction of sp³-hybridized carbons (Fsp3) is 0.324. The molecule has 0 unspecified atom stereocenters. The highest BCUT2D eigenvalue weighted by molar-refractivity contribution is 6.32. The summed E-state index contributed by atoms with van der Waals surface area (Å²) in [5.74, 6) is 0.611. The lowest BCUT2D eigenvalue weighted by Crippen LogP contribution is -2.32. The molecule has 1 N–H and O–H groups in total. The van der Waals surface area contributed by atoms with Crippen LogP contribution in [0.1, 0.15) is 40.2 Å². The second-order valence-corrected chi connectivity index (χ2v) is 11.9. The number of likely N-dealkylation sites (N-methyl/N-ethyl adjacent to an activating group) is 1. The van der Waals surface area contributed by atoms with Gasteiger partial charge in [-0.1, -0.05) is 96.5 Å². The molecule has 0 heterocycles. The van der Waals surface area contributed by atoms with Crippen molar-refractivity contribution in [2.75, 3.05) is 46.9 Å². The van der Waals surface area contributed by atoms with Crippen molar-refractivity contribution in [2.24, 2.45) is 0 Å². The van der Waals surface area contributed by atoms with Crippen molar-refractivity contribution in [1.82, 2.24) is 15.1 Å². The molecule has 0 radical (unpaired) electrons. The number of hydrogen-bond donors (Lipinski definition) is 1. The fourth-order valence-electron chi connectivity index (χ4n) is 5.32. The van der Waals surface area contributed by atoms with E-state index in [1.165, 1.54) is 6.07 Å². The molecule has 0 fully saturated rings. The van der Waals surface area contributed by atoms with Crippen LogP contribution in [0.3, 0.4) is 0 Å². The zero-order chi connectivity index (χ0) is 32.9. The molecule has 9 heteroatoms. The van der Waals surface area contributed by atoms with Crippen LogP contribution in [0, 0.1) is 0 Å². The molecule has 0 bridgehead atoms. The number of nitrogens with one attached hydrogen (secondary N) is 1. The summed E-state index contributed by atoms with van der Waals surface area (Å²) in [5.41, 5.74) is 2.69. The minimum Gasteiger partial charge on any atom is -0.494 e. The third-order valence-corrected chi connectivity index (χ3v) is 8.10. The van der Waals surface area contributed by atoms with E-state index in [0.717, 1.165) is 29.3 Å². The smallest absolute Gasteiger partial charge is 0.417 e. The van der Waals surface area contributed by atoms with Gasteiger partial charge in [0.1, 0.15) is 5.75 Å². The normalized spacial score (nSPS) is 11.8. The maximum atomic E-state index is 13.7. The summed E-state index contributed by atoms with van der Waals surface area (Å²) in [4.78, 5) is 16.5. The van der Waals surface area contributed by atoms with E-state index in [2.05, 4.69) is 34.5 Å². The summed E-state index contributed by atoms with van der Waals surface area (Å²) in [6.45, 7) is 3.13. The van der Waals surface area contributed by atoms with Crippen molar-refractivity contribution < 1.29 is 22.7 Å². The van der Waals surface area contributed by atoms with Gasteiger partial charge in [0.05, 0.1) is 23.6 Å². The van der Waals surface area contributed by atoms with E-state index in [-0.39, 0.29) is 29.8 Å². The molecule has 0 aromatic heterocycles. The van der Waals surface area contributed by atoms with Crippen molar-refractivity contribution in [1.29, 1.82) is 0 Å². The molecule has 0 atom stereocenters. The lowest BCUT2D eigenvalue weighted by atomic mass is 9.90. The third kappa shape index (κ3) is 10.9. The molecule has 4 rings (SSSR count). The average molecular weight is 652 g/mol. The Kier molecular flexibility index (Phi) is 13.1. The molecule has 0 aliphatic heterocycles. The highest BCUT2D eigenvalue weighted by Gasteiger charge is 2.34. The molecule has 4 aromatic carbocycles. The average Bonchev–Trinajstić information content (AvgIpc) is 3.03. The van der Waals surface area contributed by atoms with Gasteiger partial charge in [-0.05, 0) is 61.0 Å². The predicted molar refractivity (Wildman–Crippen MR) is 178 cm³/mol. The number of carbonyl (C=O) groups excluding carboxylic acids is 1. The van der Waals surface area contributed by atoms with Crippen molar-refractivity contribution in [2.45, 2.75) is 31.5 Å². The van der Waals surface area contributed by atoms with Gasteiger partial charge >= 0.3 is 6.18 Å². The number of rotatable bonds is 16. The number of alkyl halides is 3. The van der Waals surface area contributed by atoms with Crippen LogP contribution < -0.4 is 10.1 Å². The lowest BCUT2D eigenvalue weighted by molar-refractivity contribution is -0.137. The number of hydrogen-bond acceptors (Lipinski definition) is 4. The van der Waals surface area contributed by atoms with Gasteiger partial charge in [0.25, 0.3) is 0 Å². The van der Waals surface area contributed by atoms with E-state index in [0.29, 0.717) is 44.0 Å². The van der Waals surface area contributed by atoms with Gasteiger partial charge in [-0.3, -0.25) is 9.69 Å². The maximum Gasteiger partial charge on any atom is 0.417 e. The molecular formula is C37H41ClF3N3O2. The molecule has 46 heavy (non-hydrogen) atoms. The van der Waals surface area contributed by atoms with Gasteiger partial charge in [0, 0.05) is 38.6 Å². The Balaban J connectivity index is 1.46. The highest BCUT2D eigenvalue weighted by Crippen LogP contribution is 2.37. The first-order valence-corrected chi connectivity index (χ1v) is 15.8. The number of amides is 1. The first-order valence-electron chi connectivity index (χ1n) is 15.4. The first kappa shape index (κ1) is 35.0. The molecule has 0 saturated carbocycles. The summed E-state index contributed by atoms with van der Waals surface area (Å²) in [5, 5.41) is 2.65. The van der Waals surface area contributed by atoms with E-state index < -0.39 is 11.7 Å². The topological polar surface area (TPSA) is 44.8 Å². The zero-order valence-electron chi connectivity index (χ0n) is 26.3. The summed E-state index contributed by atoms with van der Waals surface area (Å²) >= 11 is 6.34. The van der Waals surface area contributed by atoms with Gasteiger partial charge in [0.15, 0.2) is 0 Å². The van der Waals surface area contributed by atoms with Crippen molar-refractivity contribution >= 4 is 17.5 Å². The Morgan fingerprint density at radius 1 is 0.870 bits per heavy atom. The van der Waals surface area contributed by atoms with Gasteiger partial charge in [-0.15, -0.1) is 0 Å².